The number of rotatable bonds is 4. The van der Waals surface area contributed by atoms with Crippen molar-refractivity contribution < 1.29 is 4.79 Å². The van der Waals surface area contributed by atoms with Crippen LogP contribution in [0.1, 0.15) is 24.6 Å². The molecule has 0 aliphatic heterocycles. The number of aromatic amines is 1. The van der Waals surface area contributed by atoms with Gasteiger partial charge in [0.2, 0.25) is 11.5 Å². The maximum Gasteiger partial charge on any atom is 0.248 e. The van der Waals surface area contributed by atoms with Crippen molar-refractivity contribution in [2.45, 2.75) is 20.3 Å². The fourth-order valence-corrected chi connectivity index (χ4v) is 1.31. The normalized spacial score (nSPS) is 10.6. The molecule has 0 aliphatic carbocycles. The molecule has 16 heavy (non-hydrogen) atoms. The molecule has 0 aromatic carbocycles. The van der Waals surface area contributed by atoms with Gasteiger partial charge < -0.3 is 10.3 Å². The largest absolute Gasteiger partial charge is 0.356 e. The maximum absolute atomic E-state index is 11.0. The van der Waals surface area contributed by atoms with Gasteiger partial charge in [-0.3, -0.25) is 9.59 Å². The number of H-pyrrole nitrogens is 1. The molecule has 0 radical (unpaired) electrons. The number of pyridine rings is 1. The van der Waals surface area contributed by atoms with Gasteiger partial charge in [-0.1, -0.05) is 12.2 Å². The number of amides is 1. The number of carbonyl (C=O) groups excluding carboxylic acids is 1. The molecule has 0 bridgehead atoms. The van der Waals surface area contributed by atoms with Gasteiger partial charge in [-0.05, 0) is 25.0 Å². The van der Waals surface area contributed by atoms with Gasteiger partial charge in [0.15, 0.2) is 0 Å². The summed E-state index contributed by atoms with van der Waals surface area (Å²) in [5.41, 5.74) is 1.75. The minimum Gasteiger partial charge on any atom is -0.356 e. The topological polar surface area (TPSA) is 62.0 Å². The van der Waals surface area contributed by atoms with Gasteiger partial charge in [0.1, 0.15) is 0 Å². The number of aromatic nitrogens is 1. The highest BCUT2D eigenvalue weighted by atomic mass is 16.1. The summed E-state index contributed by atoms with van der Waals surface area (Å²) in [5.74, 6) is -0.0198. The second-order valence-electron chi connectivity index (χ2n) is 3.58. The molecule has 0 fully saturated rings. The second kappa shape index (κ2) is 5.90. The lowest BCUT2D eigenvalue weighted by atomic mass is 10.2. The predicted octanol–water partition coefficient (Wildman–Crippen LogP) is 1.22. The number of hydrogen-bond acceptors (Lipinski definition) is 2. The quantitative estimate of drug-likeness (QED) is 0.749. The smallest absolute Gasteiger partial charge is 0.248 e. The summed E-state index contributed by atoms with van der Waals surface area (Å²) in [6, 6.07) is 3.28. The Kier molecular flexibility index (Phi) is 4.51. The average Bonchev–Trinajstić information content (AvgIpc) is 2.20. The fraction of sp³-hybridized carbons (Fsp3) is 0.333. The molecule has 0 saturated heterocycles. The molecule has 0 aliphatic rings. The molecular formula is C12H16N2O2. The van der Waals surface area contributed by atoms with E-state index in [1.807, 2.05) is 19.1 Å². The van der Waals surface area contributed by atoms with Crippen LogP contribution in [-0.4, -0.2) is 17.4 Å². The van der Waals surface area contributed by atoms with E-state index in [1.54, 1.807) is 6.07 Å². The molecule has 0 saturated carbocycles. The van der Waals surface area contributed by atoms with E-state index in [0.29, 0.717) is 6.54 Å². The van der Waals surface area contributed by atoms with E-state index < -0.39 is 0 Å². The van der Waals surface area contributed by atoms with Crippen LogP contribution in [0, 0.1) is 6.92 Å². The van der Waals surface area contributed by atoms with Crippen LogP contribution in [0.2, 0.25) is 0 Å². The zero-order chi connectivity index (χ0) is 12.0. The highest BCUT2D eigenvalue weighted by Gasteiger charge is 1.93. The van der Waals surface area contributed by atoms with Crippen LogP contribution in [0.3, 0.4) is 0 Å². The third-order valence-electron chi connectivity index (χ3n) is 2.14. The van der Waals surface area contributed by atoms with E-state index in [1.165, 1.54) is 13.0 Å². The van der Waals surface area contributed by atoms with Crippen molar-refractivity contribution in [1.82, 2.24) is 10.3 Å². The van der Waals surface area contributed by atoms with Gasteiger partial charge in [0.25, 0.3) is 0 Å². The monoisotopic (exact) mass is 220 g/mol. The van der Waals surface area contributed by atoms with Crippen molar-refractivity contribution in [1.29, 1.82) is 0 Å². The minimum absolute atomic E-state index is 0.0198. The SMILES string of the molecule is CC(=O)NCCC=Cc1ccc(=O)[nH]c1C. The van der Waals surface area contributed by atoms with Gasteiger partial charge in [0.05, 0.1) is 0 Å². The van der Waals surface area contributed by atoms with E-state index in [4.69, 9.17) is 0 Å². The number of aryl methyl sites for hydroxylation is 1. The van der Waals surface area contributed by atoms with Crippen LogP contribution >= 0.6 is 0 Å². The summed E-state index contributed by atoms with van der Waals surface area (Å²) in [5, 5.41) is 2.71. The van der Waals surface area contributed by atoms with Gasteiger partial charge in [-0.15, -0.1) is 0 Å². The molecule has 0 spiro atoms. The summed E-state index contributed by atoms with van der Waals surface area (Å²) in [4.78, 5) is 24.3. The second-order valence-corrected chi connectivity index (χ2v) is 3.58. The number of hydrogen-bond donors (Lipinski definition) is 2. The lowest BCUT2D eigenvalue weighted by molar-refractivity contribution is -0.118. The number of nitrogens with one attached hydrogen (secondary N) is 2. The van der Waals surface area contributed by atoms with E-state index in [9.17, 15) is 9.59 Å². The van der Waals surface area contributed by atoms with Crippen molar-refractivity contribution in [2.24, 2.45) is 0 Å². The molecule has 1 heterocycles. The van der Waals surface area contributed by atoms with Crippen LogP contribution < -0.4 is 10.9 Å². The molecule has 1 amide bonds. The predicted molar refractivity (Wildman–Crippen MR) is 64.1 cm³/mol. The van der Waals surface area contributed by atoms with Gasteiger partial charge in [-0.2, -0.15) is 0 Å². The molecule has 4 heteroatoms. The molecule has 0 unspecified atom stereocenters. The first-order valence-electron chi connectivity index (χ1n) is 5.20. The number of carbonyl (C=O) groups is 1. The Morgan fingerprint density at radius 3 is 2.88 bits per heavy atom. The first-order valence-corrected chi connectivity index (χ1v) is 5.20. The first kappa shape index (κ1) is 12.2. The summed E-state index contributed by atoms with van der Waals surface area (Å²) < 4.78 is 0. The summed E-state index contributed by atoms with van der Waals surface area (Å²) in [6.07, 6.45) is 4.68. The Morgan fingerprint density at radius 2 is 2.25 bits per heavy atom. The average molecular weight is 220 g/mol. The minimum atomic E-state index is -0.0899. The Bertz CT molecular complexity index is 447. The van der Waals surface area contributed by atoms with E-state index in [2.05, 4.69) is 10.3 Å². The Balaban J connectivity index is 2.50. The zero-order valence-corrected chi connectivity index (χ0v) is 9.54. The van der Waals surface area contributed by atoms with Gasteiger partial charge in [0, 0.05) is 25.2 Å². The van der Waals surface area contributed by atoms with Crippen molar-refractivity contribution in [2.75, 3.05) is 6.54 Å². The Morgan fingerprint density at radius 1 is 1.50 bits per heavy atom. The molecule has 86 valence electrons. The maximum atomic E-state index is 11.0. The Labute approximate surface area is 94.4 Å². The van der Waals surface area contributed by atoms with Crippen LogP contribution in [0.5, 0.6) is 0 Å². The van der Waals surface area contributed by atoms with E-state index in [-0.39, 0.29) is 11.5 Å². The summed E-state index contributed by atoms with van der Waals surface area (Å²) in [6.45, 7) is 3.99. The fourth-order valence-electron chi connectivity index (χ4n) is 1.31. The molecule has 4 nitrogen and oxygen atoms in total. The zero-order valence-electron chi connectivity index (χ0n) is 9.54. The summed E-state index contributed by atoms with van der Waals surface area (Å²) >= 11 is 0. The van der Waals surface area contributed by atoms with Gasteiger partial charge >= 0.3 is 0 Å². The van der Waals surface area contributed by atoms with Crippen LogP contribution in [0.15, 0.2) is 23.0 Å². The molecule has 1 aromatic rings. The van der Waals surface area contributed by atoms with Gasteiger partial charge in [-0.25, -0.2) is 0 Å². The first-order chi connectivity index (χ1) is 7.59. The van der Waals surface area contributed by atoms with Crippen molar-refractivity contribution in [3.8, 4) is 0 Å². The van der Waals surface area contributed by atoms with Crippen molar-refractivity contribution in [3.63, 3.8) is 0 Å². The Hall–Kier alpha value is -1.84. The highest BCUT2D eigenvalue weighted by molar-refractivity contribution is 5.72. The standard InChI is InChI=1S/C12H16N2O2/c1-9-11(6-7-12(16)14-9)5-3-4-8-13-10(2)15/h3,5-7H,4,8H2,1-2H3,(H,13,15)(H,14,16). The van der Waals surface area contributed by atoms with Crippen molar-refractivity contribution in [3.05, 3.63) is 39.8 Å². The third kappa shape index (κ3) is 4.13. The third-order valence-corrected chi connectivity index (χ3v) is 2.14. The highest BCUT2D eigenvalue weighted by Crippen LogP contribution is 2.04. The van der Waals surface area contributed by atoms with Crippen LogP contribution in [0.25, 0.3) is 6.08 Å². The molecule has 1 rings (SSSR count). The summed E-state index contributed by atoms with van der Waals surface area (Å²) in [7, 11) is 0. The molecular weight excluding hydrogens is 204 g/mol. The molecule has 2 N–H and O–H groups in total. The van der Waals surface area contributed by atoms with E-state index in [0.717, 1.165) is 17.7 Å². The molecule has 1 aromatic heterocycles. The van der Waals surface area contributed by atoms with Crippen molar-refractivity contribution >= 4 is 12.0 Å². The lowest BCUT2D eigenvalue weighted by Crippen LogP contribution is -2.20. The van der Waals surface area contributed by atoms with E-state index >= 15 is 0 Å². The van der Waals surface area contributed by atoms with Crippen LogP contribution in [-0.2, 0) is 4.79 Å². The molecule has 0 atom stereocenters. The van der Waals surface area contributed by atoms with Crippen LogP contribution in [0.4, 0.5) is 0 Å². The lowest BCUT2D eigenvalue weighted by Gasteiger charge is -1.99.